The predicted octanol–water partition coefficient (Wildman–Crippen LogP) is 0.505. The first-order valence-electron chi connectivity index (χ1n) is 6.34. The fourth-order valence-electron chi connectivity index (χ4n) is 2.79. The van der Waals surface area contributed by atoms with E-state index in [1.807, 2.05) is 0 Å². The highest BCUT2D eigenvalue weighted by Gasteiger charge is 2.31. The van der Waals surface area contributed by atoms with Gasteiger partial charge in [-0.25, -0.2) is 13.1 Å². The molecule has 1 aliphatic carbocycles. The maximum atomic E-state index is 12.0. The minimum atomic E-state index is -3.16. The Kier molecular flexibility index (Phi) is 6.34. The third-order valence-corrected chi connectivity index (χ3v) is 5.29. The fraction of sp³-hybridized carbons (Fsp3) is 1.00. The third kappa shape index (κ3) is 4.35. The molecule has 1 aliphatic heterocycles. The Morgan fingerprint density at radius 3 is 2.56 bits per heavy atom. The van der Waals surface area contributed by atoms with Gasteiger partial charge in [-0.3, -0.25) is 0 Å². The molecule has 0 aromatic rings. The second-order valence-corrected chi connectivity index (χ2v) is 6.89. The normalized spacial score (nSPS) is 29.4. The number of rotatable bonds is 5. The molecule has 0 unspecified atom stereocenters. The summed E-state index contributed by atoms with van der Waals surface area (Å²) < 4.78 is 32.0. The van der Waals surface area contributed by atoms with Crippen molar-refractivity contribution in [3.8, 4) is 0 Å². The lowest BCUT2D eigenvalue weighted by Crippen LogP contribution is -2.45. The topological polar surface area (TPSA) is 67.4 Å². The van der Waals surface area contributed by atoms with Crippen LogP contribution in [0.5, 0.6) is 0 Å². The molecule has 0 aromatic carbocycles. The minimum absolute atomic E-state index is 0. The van der Waals surface area contributed by atoms with E-state index >= 15 is 0 Å². The summed E-state index contributed by atoms with van der Waals surface area (Å²) >= 11 is 0. The molecular weight excluding hydrogens is 276 g/mol. The van der Waals surface area contributed by atoms with Crippen LogP contribution in [0, 0.1) is 5.92 Å². The molecule has 2 rings (SSSR count). The van der Waals surface area contributed by atoms with Gasteiger partial charge in [-0.1, -0.05) is 12.8 Å². The Labute approximate surface area is 116 Å². The molecular formula is C11H23ClN2O3S. The summed E-state index contributed by atoms with van der Waals surface area (Å²) in [7, 11) is -1.54. The summed E-state index contributed by atoms with van der Waals surface area (Å²) in [6, 6.07) is -0.119. The first-order valence-corrected chi connectivity index (χ1v) is 7.99. The monoisotopic (exact) mass is 298 g/mol. The summed E-state index contributed by atoms with van der Waals surface area (Å²) in [5.74, 6) is 0.628. The highest BCUT2D eigenvalue weighted by Crippen LogP contribution is 2.25. The van der Waals surface area contributed by atoms with Gasteiger partial charge in [0.1, 0.15) is 0 Å². The number of hydrogen-bond acceptors (Lipinski definition) is 4. The van der Waals surface area contributed by atoms with Crippen LogP contribution in [0.4, 0.5) is 0 Å². The quantitative estimate of drug-likeness (QED) is 0.776. The number of halogens is 1. The molecule has 5 nitrogen and oxygen atoms in total. The highest BCUT2D eigenvalue weighted by atomic mass is 35.5. The lowest BCUT2D eigenvalue weighted by molar-refractivity contribution is 0.103. The maximum absolute atomic E-state index is 12.0. The number of hydrogen-bond donors (Lipinski definition) is 2. The van der Waals surface area contributed by atoms with E-state index in [0.29, 0.717) is 19.0 Å². The van der Waals surface area contributed by atoms with Gasteiger partial charge < -0.3 is 10.1 Å². The van der Waals surface area contributed by atoms with Crippen LogP contribution < -0.4 is 10.0 Å². The van der Waals surface area contributed by atoms with E-state index in [4.69, 9.17) is 4.74 Å². The van der Waals surface area contributed by atoms with E-state index in [0.717, 1.165) is 12.8 Å². The van der Waals surface area contributed by atoms with E-state index < -0.39 is 10.0 Å². The molecule has 0 spiro atoms. The van der Waals surface area contributed by atoms with Gasteiger partial charge in [0.25, 0.3) is 0 Å². The first kappa shape index (κ1) is 16.2. The number of ether oxygens (including phenoxy) is 1. The van der Waals surface area contributed by atoms with Crippen molar-refractivity contribution in [2.45, 2.75) is 37.8 Å². The van der Waals surface area contributed by atoms with Crippen LogP contribution in [0.15, 0.2) is 0 Å². The van der Waals surface area contributed by atoms with Crippen LogP contribution in [-0.4, -0.2) is 46.5 Å². The zero-order chi connectivity index (χ0) is 12.3. The third-order valence-electron chi connectivity index (χ3n) is 3.72. The van der Waals surface area contributed by atoms with Crippen LogP contribution in [0.3, 0.4) is 0 Å². The average molecular weight is 299 g/mol. The van der Waals surface area contributed by atoms with E-state index in [-0.39, 0.29) is 30.3 Å². The van der Waals surface area contributed by atoms with E-state index in [9.17, 15) is 8.42 Å². The van der Waals surface area contributed by atoms with Crippen molar-refractivity contribution in [2.75, 3.05) is 26.0 Å². The molecule has 2 N–H and O–H groups in total. The summed E-state index contributed by atoms with van der Waals surface area (Å²) in [6.07, 6.45) is 4.40. The van der Waals surface area contributed by atoms with E-state index in [1.165, 1.54) is 12.8 Å². The Morgan fingerprint density at radius 1 is 1.28 bits per heavy atom. The Morgan fingerprint density at radius 2 is 1.94 bits per heavy atom. The number of nitrogens with one attached hydrogen (secondary N) is 2. The smallest absolute Gasteiger partial charge is 0.212 e. The fourth-order valence-corrected chi connectivity index (χ4v) is 4.53. The Balaban J connectivity index is 0.00000162. The van der Waals surface area contributed by atoms with E-state index in [2.05, 4.69) is 10.0 Å². The number of methoxy groups -OCH3 is 1. The van der Waals surface area contributed by atoms with Gasteiger partial charge in [-0.05, 0) is 18.8 Å². The average Bonchev–Trinajstić information content (AvgIpc) is 2.87. The van der Waals surface area contributed by atoms with Gasteiger partial charge in [0.15, 0.2) is 0 Å². The highest BCUT2D eigenvalue weighted by molar-refractivity contribution is 7.89. The molecule has 0 amide bonds. The van der Waals surface area contributed by atoms with Crippen molar-refractivity contribution in [1.29, 1.82) is 0 Å². The molecule has 1 saturated carbocycles. The van der Waals surface area contributed by atoms with Crippen LogP contribution in [0.25, 0.3) is 0 Å². The molecule has 2 atom stereocenters. The second kappa shape index (κ2) is 7.05. The summed E-state index contributed by atoms with van der Waals surface area (Å²) in [5.41, 5.74) is 0. The largest absolute Gasteiger partial charge is 0.378 e. The van der Waals surface area contributed by atoms with E-state index in [1.54, 1.807) is 7.11 Å². The van der Waals surface area contributed by atoms with Crippen molar-refractivity contribution in [3.63, 3.8) is 0 Å². The van der Waals surface area contributed by atoms with Crippen molar-refractivity contribution < 1.29 is 13.2 Å². The van der Waals surface area contributed by atoms with Gasteiger partial charge in [0, 0.05) is 20.2 Å². The van der Waals surface area contributed by atoms with Gasteiger partial charge in [-0.15, -0.1) is 12.4 Å². The van der Waals surface area contributed by atoms with Crippen LogP contribution in [0.1, 0.15) is 25.7 Å². The molecule has 0 bridgehead atoms. The van der Waals surface area contributed by atoms with Crippen molar-refractivity contribution in [1.82, 2.24) is 10.0 Å². The van der Waals surface area contributed by atoms with Crippen molar-refractivity contribution in [3.05, 3.63) is 0 Å². The van der Waals surface area contributed by atoms with Crippen molar-refractivity contribution >= 4 is 22.4 Å². The Bertz CT molecular complexity index is 344. The molecule has 18 heavy (non-hydrogen) atoms. The standard InChI is InChI=1S/C11H22N2O3S.ClH/c1-16-11-7-12-6-10(11)13-17(14,15)8-9-4-2-3-5-9;/h9-13H,2-8H2,1H3;1H/t10-,11-;/m0./s1. The molecule has 2 fully saturated rings. The molecule has 7 heteroatoms. The summed E-state index contributed by atoms with van der Waals surface area (Å²) in [5, 5.41) is 3.14. The maximum Gasteiger partial charge on any atom is 0.212 e. The molecule has 1 heterocycles. The van der Waals surface area contributed by atoms with Gasteiger partial charge in [0.2, 0.25) is 10.0 Å². The lowest BCUT2D eigenvalue weighted by atomic mass is 10.1. The van der Waals surface area contributed by atoms with Crippen LogP contribution in [-0.2, 0) is 14.8 Å². The summed E-state index contributed by atoms with van der Waals surface area (Å²) in [6.45, 7) is 1.37. The van der Waals surface area contributed by atoms with Crippen LogP contribution >= 0.6 is 12.4 Å². The zero-order valence-corrected chi connectivity index (χ0v) is 12.4. The second-order valence-electron chi connectivity index (χ2n) is 5.09. The molecule has 1 saturated heterocycles. The first-order chi connectivity index (χ1) is 8.11. The Hall–Kier alpha value is 0.120. The SMILES string of the molecule is CO[C@H]1CNC[C@@H]1NS(=O)(=O)CC1CCCC1.Cl. The molecule has 0 aromatic heterocycles. The van der Waals surface area contributed by atoms with Crippen LogP contribution in [0.2, 0.25) is 0 Å². The predicted molar refractivity (Wildman–Crippen MR) is 73.6 cm³/mol. The van der Waals surface area contributed by atoms with Gasteiger partial charge >= 0.3 is 0 Å². The molecule has 2 aliphatic rings. The minimum Gasteiger partial charge on any atom is -0.378 e. The molecule has 0 radical (unpaired) electrons. The van der Waals surface area contributed by atoms with Gasteiger partial charge in [0.05, 0.1) is 17.9 Å². The molecule has 108 valence electrons. The zero-order valence-electron chi connectivity index (χ0n) is 10.7. The summed E-state index contributed by atoms with van der Waals surface area (Å²) in [4.78, 5) is 0. The number of sulfonamides is 1. The lowest BCUT2D eigenvalue weighted by Gasteiger charge is -2.19. The van der Waals surface area contributed by atoms with Gasteiger partial charge in [-0.2, -0.15) is 0 Å². The van der Waals surface area contributed by atoms with Crippen molar-refractivity contribution in [2.24, 2.45) is 5.92 Å².